The fourth-order valence-electron chi connectivity index (χ4n) is 5.39. The number of hydrogen-bond donors (Lipinski definition) is 1. The van der Waals surface area contributed by atoms with Crippen LogP contribution in [0, 0.1) is 5.41 Å². The highest BCUT2D eigenvalue weighted by atomic mass is 16.5. The molecule has 6 nitrogen and oxygen atoms in total. The van der Waals surface area contributed by atoms with E-state index in [9.17, 15) is 9.59 Å². The normalized spacial score (nSPS) is 20.7. The summed E-state index contributed by atoms with van der Waals surface area (Å²) < 4.78 is 16.7. The van der Waals surface area contributed by atoms with E-state index in [1.165, 1.54) is 0 Å². The lowest BCUT2D eigenvalue weighted by atomic mass is 9.68. The number of nitrogens with one attached hydrogen (secondary N) is 1. The molecule has 1 heterocycles. The number of benzene rings is 2. The summed E-state index contributed by atoms with van der Waals surface area (Å²) in [5.74, 6) is 0.924. The van der Waals surface area contributed by atoms with Gasteiger partial charge >= 0.3 is 0 Å². The minimum atomic E-state index is -0.520. The number of rotatable bonds is 4. The van der Waals surface area contributed by atoms with Gasteiger partial charge in [0.25, 0.3) is 0 Å². The fraction of sp³-hybridized carbons (Fsp3) is 0.333. The number of Topliss-reactive ketones (excluding diaryl/α,β-unsaturated/α-hetero) is 2. The van der Waals surface area contributed by atoms with Crippen LogP contribution in [0.3, 0.4) is 0 Å². The lowest BCUT2D eigenvalue weighted by Crippen LogP contribution is -2.37. The van der Waals surface area contributed by atoms with Gasteiger partial charge in [0.2, 0.25) is 5.75 Å². The Morgan fingerprint density at radius 3 is 2.12 bits per heavy atom. The van der Waals surface area contributed by atoms with Crippen LogP contribution in [0.1, 0.15) is 54.1 Å². The zero-order chi connectivity index (χ0) is 23.5. The number of carbonyl (C=O) groups excluding carboxylic acids is 2. The second kappa shape index (κ2) is 7.51. The van der Waals surface area contributed by atoms with E-state index < -0.39 is 5.92 Å². The summed E-state index contributed by atoms with van der Waals surface area (Å²) in [6.45, 7) is 4.20. The summed E-state index contributed by atoms with van der Waals surface area (Å²) in [5, 5.41) is 3.50. The second-order valence-corrected chi connectivity index (χ2v) is 9.51. The molecule has 1 N–H and O–H groups in total. The Labute approximate surface area is 193 Å². The standard InChI is InChI=1S/C27H27NO5/c1-27(2)12-17-22(18(29)13-27)21(14-10-19(31-3)26(33-5)20(11-14)32-4)23-24(28-17)15-8-6-7-9-16(15)25(23)30/h6-11,21,28H,12-13H2,1-5H3/t21-/m0/s1. The summed E-state index contributed by atoms with van der Waals surface area (Å²) in [4.78, 5) is 27.1. The number of fused-ring (bicyclic) bond motifs is 2. The average Bonchev–Trinajstić information content (AvgIpc) is 3.07. The topological polar surface area (TPSA) is 73.9 Å². The van der Waals surface area contributed by atoms with Crippen molar-refractivity contribution >= 4 is 17.3 Å². The molecule has 0 amide bonds. The van der Waals surface area contributed by atoms with Crippen molar-refractivity contribution in [1.29, 1.82) is 0 Å². The van der Waals surface area contributed by atoms with E-state index in [2.05, 4.69) is 19.2 Å². The quantitative estimate of drug-likeness (QED) is 0.739. The van der Waals surface area contributed by atoms with Gasteiger partial charge in [-0.3, -0.25) is 9.59 Å². The Hall–Kier alpha value is -3.54. The van der Waals surface area contributed by atoms with E-state index in [0.29, 0.717) is 40.4 Å². The number of methoxy groups -OCH3 is 3. The summed E-state index contributed by atoms with van der Waals surface area (Å²) >= 11 is 0. The summed E-state index contributed by atoms with van der Waals surface area (Å²) in [7, 11) is 4.67. The first-order valence-corrected chi connectivity index (χ1v) is 11.0. The maximum atomic E-state index is 13.6. The van der Waals surface area contributed by atoms with E-state index in [1.54, 1.807) is 21.3 Å². The molecule has 170 valence electrons. The highest BCUT2D eigenvalue weighted by molar-refractivity contribution is 6.23. The third kappa shape index (κ3) is 3.16. The van der Waals surface area contributed by atoms with Crippen LogP contribution in [0.15, 0.2) is 53.2 Å². The van der Waals surface area contributed by atoms with Gasteiger partial charge in [0.1, 0.15) is 0 Å². The molecule has 1 atom stereocenters. The SMILES string of the molecule is COc1cc([C@H]2C3=C(CC(C)(C)CC3=O)NC3=C2C(=O)c2ccccc23)cc(OC)c1OC. The van der Waals surface area contributed by atoms with E-state index in [-0.39, 0.29) is 17.0 Å². The molecule has 6 heteroatoms. The van der Waals surface area contributed by atoms with Crippen LogP contribution in [0.25, 0.3) is 5.70 Å². The van der Waals surface area contributed by atoms with E-state index in [4.69, 9.17) is 14.2 Å². The maximum absolute atomic E-state index is 13.6. The molecule has 2 aliphatic carbocycles. The fourth-order valence-corrected chi connectivity index (χ4v) is 5.39. The number of ketones is 2. The van der Waals surface area contributed by atoms with Crippen molar-refractivity contribution in [3.63, 3.8) is 0 Å². The smallest absolute Gasteiger partial charge is 0.203 e. The summed E-state index contributed by atoms with van der Waals surface area (Å²) in [6, 6.07) is 11.3. The second-order valence-electron chi connectivity index (χ2n) is 9.51. The Kier molecular flexibility index (Phi) is 4.85. The number of ether oxygens (including phenoxy) is 3. The molecule has 3 aliphatic rings. The van der Waals surface area contributed by atoms with Gasteiger partial charge in [-0.05, 0) is 29.5 Å². The van der Waals surface area contributed by atoms with Gasteiger partial charge in [-0.2, -0.15) is 0 Å². The predicted molar refractivity (Wildman–Crippen MR) is 125 cm³/mol. The number of dihydropyridines is 1. The van der Waals surface area contributed by atoms with Gasteiger partial charge in [-0.15, -0.1) is 0 Å². The largest absolute Gasteiger partial charge is 0.493 e. The van der Waals surface area contributed by atoms with Gasteiger partial charge in [0.15, 0.2) is 23.1 Å². The van der Waals surface area contributed by atoms with Gasteiger partial charge in [0, 0.05) is 40.3 Å². The van der Waals surface area contributed by atoms with Crippen molar-refractivity contribution in [3.05, 3.63) is 69.9 Å². The van der Waals surface area contributed by atoms with Crippen molar-refractivity contribution in [2.45, 2.75) is 32.6 Å². The first-order chi connectivity index (χ1) is 15.8. The molecule has 0 bridgehead atoms. The molecule has 33 heavy (non-hydrogen) atoms. The van der Waals surface area contributed by atoms with Crippen LogP contribution >= 0.6 is 0 Å². The van der Waals surface area contributed by atoms with Crippen molar-refractivity contribution in [1.82, 2.24) is 5.32 Å². The Morgan fingerprint density at radius 1 is 0.879 bits per heavy atom. The molecule has 5 rings (SSSR count). The Morgan fingerprint density at radius 2 is 1.52 bits per heavy atom. The monoisotopic (exact) mass is 445 g/mol. The molecule has 0 saturated carbocycles. The van der Waals surface area contributed by atoms with Crippen LogP contribution in [0.2, 0.25) is 0 Å². The van der Waals surface area contributed by atoms with Crippen LogP contribution in [-0.4, -0.2) is 32.9 Å². The van der Waals surface area contributed by atoms with Gasteiger partial charge in [-0.1, -0.05) is 38.1 Å². The highest BCUT2D eigenvalue weighted by Crippen LogP contribution is 2.53. The molecular formula is C27H27NO5. The van der Waals surface area contributed by atoms with Crippen LogP contribution in [0.4, 0.5) is 0 Å². The van der Waals surface area contributed by atoms with Crippen LogP contribution in [-0.2, 0) is 4.79 Å². The van der Waals surface area contributed by atoms with E-state index in [1.807, 2.05) is 36.4 Å². The minimum Gasteiger partial charge on any atom is -0.493 e. The average molecular weight is 446 g/mol. The molecule has 0 spiro atoms. The predicted octanol–water partition coefficient (Wildman–Crippen LogP) is 4.65. The van der Waals surface area contributed by atoms with Crippen molar-refractivity contribution < 1.29 is 23.8 Å². The number of hydrogen-bond acceptors (Lipinski definition) is 6. The number of allylic oxidation sites excluding steroid dienone is 3. The molecule has 0 aromatic heterocycles. The van der Waals surface area contributed by atoms with Gasteiger partial charge in [-0.25, -0.2) is 0 Å². The summed E-state index contributed by atoms with van der Waals surface area (Å²) in [6.07, 6.45) is 1.15. The third-order valence-corrected chi connectivity index (χ3v) is 6.75. The van der Waals surface area contributed by atoms with Crippen LogP contribution in [0.5, 0.6) is 17.2 Å². The molecule has 0 unspecified atom stereocenters. The van der Waals surface area contributed by atoms with Crippen molar-refractivity contribution in [2.24, 2.45) is 5.41 Å². The van der Waals surface area contributed by atoms with E-state index >= 15 is 0 Å². The molecular weight excluding hydrogens is 418 g/mol. The van der Waals surface area contributed by atoms with Gasteiger partial charge in [0.05, 0.1) is 27.0 Å². The lowest BCUT2D eigenvalue weighted by molar-refractivity contribution is -0.118. The Bertz CT molecular complexity index is 1240. The number of carbonyl (C=O) groups is 2. The zero-order valence-electron chi connectivity index (χ0n) is 19.5. The lowest BCUT2D eigenvalue weighted by Gasteiger charge is -2.39. The third-order valence-electron chi connectivity index (χ3n) is 6.75. The summed E-state index contributed by atoms with van der Waals surface area (Å²) in [5.41, 5.74) is 5.05. The zero-order valence-corrected chi connectivity index (χ0v) is 19.5. The maximum Gasteiger partial charge on any atom is 0.203 e. The van der Waals surface area contributed by atoms with E-state index in [0.717, 1.165) is 28.9 Å². The minimum absolute atomic E-state index is 0.0582. The molecule has 0 radical (unpaired) electrons. The highest BCUT2D eigenvalue weighted by Gasteiger charge is 2.46. The molecule has 2 aromatic rings. The van der Waals surface area contributed by atoms with Crippen molar-refractivity contribution in [2.75, 3.05) is 21.3 Å². The van der Waals surface area contributed by atoms with Gasteiger partial charge < -0.3 is 19.5 Å². The van der Waals surface area contributed by atoms with Crippen LogP contribution < -0.4 is 19.5 Å². The first kappa shape index (κ1) is 21.3. The first-order valence-electron chi connectivity index (χ1n) is 11.0. The molecule has 2 aromatic carbocycles. The van der Waals surface area contributed by atoms with Crippen molar-refractivity contribution in [3.8, 4) is 17.2 Å². The molecule has 1 aliphatic heterocycles. The Balaban J connectivity index is 1.78. The molecule has 0 saturated heterocycles. The molecule has 0 fully saturated rings.